The molecular formula is C44H40F12N2O9. The molecule has 2 amide bonds. The Morgan fingerprint density at radius 3 is 1.34 bits per heavy atom. The van der Waals surface area contributed by atoms with E-state index in [1.54, 1.807) is 19.2 Å². The van der Waals surface area contributed by atoms with E-state index in [9.17, 15) is 92.3 Å². The van der Waals surface area contributed by atoms with Crippen molar-refractivity contribution in [3.63, 3.8) is 0 Å². The smallest absolute Gasteiger partial charge is 0.430 e. The van der Waals surface area contributed by atoms with Gasteiger partial charge in [-0.15, -0.1) is 0 Å². The zero-order chi connectivity index (χ0) is 51.4. The van der Waals surface area contributed by atoms with E-state index >= 15 is 0 Å². The molecule has 0 bridgehead atoms. The van der Waals surface area contributed by atoms with E-state index in [1.165, 1.54) is 20.8 Å². The highest BCUT2D eigenvalue weighted by Crippen LogP contribution is 2.56. The Kier molecular flexibility index (Phi) is 14.3. The molecule has 4 rings (SSSR count). The number of nitrogens with one attached hydrogen (secondary N) is 2. The van der Waals surface area contributed by atoms with Crippen molar-refractivity contribution < 1.29 is 97.0 Å². The number of aromatic carboxylic acids is 2. The minimum Gasteiger partial charge on any atom is -0.478 e. The summed E-state index contributed by atoms with van der Waals surface area (Å²) in [6.45, 7) is 8.99. The van der Waals surface area contributed by atoms with Gasteiger partial charge in [0.05, 0.1) is 22.3 Å². The predicted molar refractivity (Wildman–Crippen MR) is 214 cm³/mol. The van der Waals surface area contributed by atoms with Crippen LogP contribution in [0.2, 0.25) is 0 Å². The molecule has 67 heavy (non-hydrogen) atoms. The number of hydrogen-bond donors (Lipinski definition) is 6. The number of carboxylic acids is 2. The molecule has 0 heterocycles. The van der Waals surface area contributed by atoms with Crippen LogP contribution in [0.15, 0.2) is 60.7 Å². The molecule has 0 unspecified atom stereocenters. The summed E-state index contributed by atoms with van der Waals surface area (Å²) >= 11 is 0. The van der Waals surface area contributed by atoms with Crippen LogP contribution in [0.25, 0.3) is 11.1 Å². The summed E-state index contributed by atoms with van der Waals surface area (Å²) in [7, 11) is 0. The fraction of sp³-hybridized carbons (Fsp3) is 0.364. The number of alkyl halides is 12. The maximum atomic E-state index is 14.6. The monoisotopic (exact) mass is 968 g/mol. The fourth-order valence-corrected chi connectivity index (χ4v) is 6.97. The highest BCUT2D eigenvalue weighted by Gasteiger charge is 2.73. The van der Waals surface area contributed by atoms with E-state index in [2.05, 4.69) is 5.32 Å². The summed E-state index contributed by atoms with van der Waals surface area (Å²) in [6.07, 6.45) is -26.6. The first-order valence-electron chi connectivity index (χ1n) is 19.4. The summed E-state index contributed by atoms with van der Waals surface area (Å²) in [4.78, 5) is 50.6. The van der Waals surface area contributed by atoms with Gasteiger partial charge in [-0.2, -0.15) is 52.7 Å². The molecule has 11 nitrogen and oxygen atoms in total. The molecule has 0 fully saturated rings. The fourth-order valence-electron chi connectivity index (χ4n) is 6.97. The van der Waals surface area contributed by atoms with Crippen molar-refractivity contribution in [3.8, 4) is 22.6 Å². The van der Waals surface area contributed by atoms with Gasteiger partial charge in [-0.3, -0.25) is 9.59 Å². The Balaban J connectivity index is 1.97. The van der Waals surface area contributed by atoms with Crippen molar-refractivity contribution in [3.05, 3.63) is 111 Å². The topological polar surface area (TPSA) is 182 Å². The van der Waals surface area contributed by atoms with Gasteiger partial charge in [0.15, 0.2) is 0 Å². The lowest BCUT2D eigenvalue weighted by Crippen LogP contribution is -2.55. The van der Waals surface area contributed by atoms with Gasteiger partial charge < -0.3 is 35.8 Å². The number of carbonyl (C=O) groups excluding carboxylic acids is 2. The van der Waals surface area contributed by atoms with Gasteiger partial charge in [0, 0.05) is 22.9 Å². The lowest BCUT2D eigenvalue weighted by molar-refractivity contribution is -0.376. The van der Waals surface area contributed by atoms with Gasteiger partial charge in [0.1, 0.15) is 11.5 Å². The Hall–Kier alpha value is -6.36. The van der Waals surface area contributed by atoms with Crippen molar-refractivity contribution in [2.45, 2.75) is 102 Å². The van der Waals surface area contributed by atoms with Crippen molar-refractivity contribution >= 4 is 29.4 Å². The standard InChI is InChI=1S/C44H40F12N2O9/c1-8-38(6,7)30-13-20(4)26(17-31(30)39(65,41(45,46)47)42(48,49)50)27-18-32(40(66,43(51,52)53)44(54,55)56)33(14-21(27)5)58-35(60)25-12-10-23(16-29(25)37(63)64)67-22-9-11-24(28(15-22)36(61)62)34(59)57-19(2)3/h9-19,65-66H,8H2,1-7H3,(H,57,59)(H,58,60)(H,61,62)(H,63,64). The normalized spacial score (nSPS) is 13.1. The number of benzene rings is 4. The molecular weight excluding hydrogens is 928 g/mol. The van der Waals surface area contributed by atoms with Crippen molar-refractivity contribution in [2.75, 3.05) is 5.32 Å². The van der Waals surface area contributed by atoms with Crippen LogP contribution in [-0.2, 0) is 16.6 Å². The molecule has 0 saturated heterocycles. The van der Waals surface area contributed by atoms with Crippen LogP contribution in [-0.4, -0.2) is 74.9 Å². The number of ether oxygens (including phenoxy) is 1. The quantitative estimate of drug-likeness (QED) is 0.0710. The summed E-state index contributed by atoms with van der Waals surface area (Å²) in [5.74, 6) is -6.74. The van der Waals surface area contributed by atoms with Crippen LogP contribution in [0.3, 0.4) is 0 Å². The SMILES string of the molecule is CCC(C)(C)c1cc(C)c(-c2cc(C(O)(C(F)(F)F)C(F)(F)F)c(NC(=O)c3ccc(Oc4ccc(C(=O)NC(C)C)c(C(=O)O)c4)cc3C(=O)O)cc2C)cc1C(O)(C(F)(F)F)C(F)(F)F. The number of carboxylic acid groups (broad SMARTS) is 2. The first kappa shape index (κ1) is 53.3. The Morgan fingerprint density at radius 2 is 0.955 bits per heavy atom. The van der Waals surface area contributed by atoms with E-state index in [-0.39, 0.29) is 35.4 Å². The maximum Gasteiger partial charge on any atom is 0.430 e. The Labute approximate surface area is 372 Å². The molecule has 23 heteroatoms. The second-order valence-electron chi connectivity index (χ2n) is 16.3. The largest absolute Gasteiger partial charge is 0.478 e. The van der Waals surface area contributed by atoms with Crippen LogP contribution >= 0.6 is 0 Å². The van der Waals surface area contributed by atoms with E-state index in [0.717, 1.165) is 44.2 Å². The van der Waals surface area contributed by atoms with Crippen LogP contribution in [0.4, 0.5) is 58.4 Å². The second kappa shape index (κ2) is 18.0. The summed E-state index contributed by atoms with van der Waals surface area (Å²) in [6, 6.07) is 6.08. The maximum absolute atomic E-state index is 14.6. The van der Waals surface area contributed by atoms with Gasteiger partial charge >= 0.3 is 36.6 Å². The average molecular weight is 969 g/mol. The van der Waals surface area contributed by atoms with Gasteiger partial charge in [-0.1, -0.05) is 26.8 Å². The number of amides is 2. The number of aliphatic hydroxyl groups is 2. The third-order valence-electron chi connectivity index (χ3n) is 10.9. The number of halogens is 12. The van der Waals surface area contributed by atoms with Crippen molar-refractivity contribution in [2.24, 2.45) is 0 Å². The molecule has 0 atom stereocenters. The highest BCUT2D eigenvalue weighted by atomic mass is 19.4. The van der Waals surface area contributed by atoms with Gasteiger partial charge in [0.25, 0.3) is 23.0 Å². The minimum atomic E-state index is -6.72. The number of hydrogen-bond acceptors (Lipinski definition) is 7. The lowest BCUT2D eigenvalue weighted by Gasteiger charge is -2.38. The molecule has 0 radical (unpaired) electrons. The van der Waals surface area contributed by atoms with Crippen LogP contribution in [0, 0.1) is 13.8 Å². The molecule has 0 aliphatic carbocycles. The third kappa shape index (κ3) is 10.0. The molecule has 0 aromatic heterocycles. The third-order valence-corrected chi connectivity index (χ3v) is 10.9. The Bertz CT molecular complexity index is 2590. The number of carbonyl (C=O) groups is 4. The van der Waals surface area contributed by atoms with Crippen LogP contribution in [0.1, 0.15) is 110 Å². The zero-order valence-electron chi connectivity index (χ0n) is 35.9. The molecule has 0 saturated carbocycles. The van der Waals surface area contributed by atoms with Crippen LogP contribution in [0.5, 0.6) is 11.5 Å². The van der Waals surface area contributed by atoms with E-state index in [0.29, 0.717) is 18.2 Å². The van der Waals surface area contributed by atoms with Crippen LogP contribution < -0.4 is 15.4 Å². The van der Waals surface area contributed by atoms with E-state index < -0.39 is 133 Å². The first-order chi connectivity index (χ1) is 30.3. The number of anilines is 1. The molecule has 364 valence electrons. The van der Waals surface area contributed by atoms with E-state index in [1.807, 2.05) is 0 Å². The molecule has 4 aromatic rings. The van der Waals surface area contributed by atoms with Gasteiger partial charge in [-0.25, -0.2) is 9.59 Å². The summed E-state index contributed by atoms with van der Waals surface area (Å²) in [5.41, 5.74) is -25.0. The first-order valence-corrected chi connectivity index (χ1v) is 19.4. The average Bonchev–Trinajstić information content (AvgIpc) is 3.18. The highest BCUT2D eigenvalue weighted by molar-refractivity contribution is 6.11. The zero-order valence-corrected chi connectivity index (χ0v) is 35.9. The van der Waals surface area contributed by atoms with Gasteiger partial charge in [-0.05, 0) is 122 Å². The predicted octanol–water partition coefficient (Wildman–Crippen LogP) is 10.9. The van der Waals surface area contributed by atoms with Crippen molar-refractivity contribution in [1.29, 1.82) is 0 Å². The Morgan fingerprint density at radius 1 is 0.567 bits per heavy atom. The lowest BCUT2D eigenvalue weighted by atomic mass is 9.73. The summed E-state index contributed by atoms with van der Waals surface area (Å²) < 4.78 is 180. The molecule has 6 N–H and O–H groups in total. The molecule has 4 aromatic carbocycles. The molecule has 0 spiro atoms. The second-order valence-corrected chi connectivity index (χ2v) is 16.3. The van der Waals surface area contributed by atoms with Crippen molar-refractivity contribution in [1.82, 2.24) is 5.32 Å². The number of aryl methyl sites for hydroxylation is 2. The minimum absolute atomic E-state index is 0.0684. The molecule has 0 aliphatic rings. The molecule has 0 aliphatic heterocycles. The van der Waals surface area contributed by atoms with Gasteiger partial charge in [0.2, 0.25) is 0 Å². The summed E-state index contributed by atoms with van der Waals surface area (Å²) in [5, 5.41) is 45.2. The number of rotatable bonds is 13. The van der Waals surface area contributed by atoms with E-state index in [4.69, 9.17) is 4.74 Å².